The molecular formula is C17H19N3O2S2. The van der Waals surface area contributed by atoms with Gasteiger partial charge in [-0.3, -0.25) is 9.59 Å². The molecule has 7 heteroatoms. The number of aromatic amines is 1. The summed E-state index contributed by atoms with van der Waals surface area (Å²) in [6, 6.07) is 7.69. The van der Waals surface area contributed by atoms with Crippen molar-refractivity contribution in [3.63, 3.8) is 0 Å². The van der Waals surface area contributed by atoms with Gasteiger partial charge in [0, 0.05) is 22.8 Å². The average Bonchev–Trinajstić information content (AvgIpc) is 3.03. The van der Waals surface area contributed by atoms with E-state index in [0.717, 1.165) is 28.3 Å². The van der Waals surface area contributed by atoms with E-state index in [4.69, 9.17) is 0 Å². The number of rotatable bonds is 5. The summed E-state index contributed by atoms with van der Waals surface area (Å²) in [7, 11) is 0. The number of H-pyrrole nitrogens is 1. The summed E-state index contributed by atoms with van der Waals surface area (Å²) >= 11 is 3.00. The minimum Gasteiger partial charge on any atom is -0.325 e. The van der Waals surface area contributed by atoms with E-state index in [2.05, 4.69) is 15.3 Å². The molecule has 1 unspecified atom stereocenters. The number of nitrogens with zero attached hydrogens (tertiary/aromatic N) is 1. The zero-order valence-electron chi connectivity index (χ0n) is 13.6. The Labute approximate surface area is 149 Å². The number of hydrogen-bond donors (Lipinski definition) is 2. The SMILES string of the molecule is CCC(Sc1nc2c(c(=O)[nH]1)CSC2)C(=O)Nc1ccc(C)cc1. The average molecular weight is 361 g/mol. The van der Waals surface area contributed by atoms with Gasteiger partial charge in [-0.15, -0.1) is 0 Å². The maximum Gasteiger partial charge on any atom is 0.255 e. The molecule has 2 aromatic rings. The smallest absolute Gasteiger partial charge is 0.255 e. The van der Waals surface area contributed by atoms with Crippen LogP contribution < -0.4 is 10.9 Å². The van der Waals surface area contributed by atoms with Gasteiger partial charge in [0.2, 0.25) is 5.91 Å². The van der Waals surface area contributed by atoms with Gasteiger partial charge in [0.15, 0.2) is 5.16 Å². The van der Waals surface area contributed by atoms with Gasteiger partial charge in [0.25, 0.3) is 5.56 Å². The molecule has 0 bridgehead atoms. The van der Waals surface area contributed by atoms with Crippen molar-refractivity contribution >= 4 is 35.1 Å². The van der Waals surface area contributed by atoms with Crippen LogP contribution in [0.3, 0.4) is 0 Å². The lowest BCUT2D eigenvalue weighted by Crippen LogP contribution is -2.25. The molecule has 0 spiro atoms. The molecule has 1 aliphatic heterocycles. The van der Waals surface area contributed by atoms with Crippen molar-refractivity contribution in [2.75, 3.05) is 5.32 Å². The van der Waals surface area contributed by atoms with Crippen LogP contribution in [-0.2, 0) is 16.3 Å². The second-order valence-electron chi connectivity index (χ2n) is 5.66. The van der Waals surface area contributed by atoms with Crippen LogP contribution in [0.15, 0.2) is 34.2 Å². The van der Waals surface area contributed by atoms with Gasteiger partial charge in [0.1, 0.15) is 0 Å². The third kappa shape index (κ3) is 3.84. The van der Waals surface area contributed by atoms with E-state index in [0.29, 0.717) is 17.3 Å². The molecule has 0 aliphatic carbocycles. The van der Waals surface area contributed by atoms with Crippen molar-refractivity contribution < 1.29 is 4.79 Å². The molecule has 1 atom stereocenters. The van der Waals surface area contributed by atoms with Crippen molar-refractivity contribution in [1.82, 2.24) is 9.97 Å². The second-order valence-corrected chi connectivity index (χ2v) is 7.84. The van der Waals surface area contributed by atoms with Gasteiger partial charge in [-0.2, -0.15) is 11.8 Å². The van der Waals surface area contributed by atoms with Crippen LogP contribution in [0, 0.1) is 6.92 Å². The van der Waals surface area contributed by atoms with E-state index in [1.54, 1.807) is 11.8 Å². The summed E-state index contributed by atoms with van der Waals surface area (Å²) < 4.78 is 0. The number of benzene rings is 1. The number of hydrogen-bond acceptors (Lipinski definition) is 5. The number of nitrogens with one attached hydrogen (secondary N) is 2. The van der Waals surface area contributed by atoms with Gasteiger partial charge in [-0.25, -0.2) is 4.98 Å². The third-order valence-electron chi connectivity index (χ3n) is 3.80. The van der Waals surface area contributed by atoms with Crippen LogP contribution >= 0.6 is 23.5 Å². The van der Waals surface area contributed by atoms with Gasteiger partial charge in [-0.1, -0.05) is 36.4 Å². The minimum atomic E-state index is -0.304. The highest BCUT2D eigenvalue weighted by molar-refractivity contribution is 8.00. The quantitative estimate of drug-likeness (QED) is 0.631. The van der Waals surface area contributed by atoms with E-state index < -0.39 is 0 Å². The highest BCUT2D eigenvalue weighted by Gasteiger charge is 2.22. The van der Waals surface area contributed by atoms with E-state index in [-0.39, 0.29) is 16.7 Å². The molecular weight excluding hydrogens is 342 g/mol. The van der Waals surface area contributed by atoms with Gasteiger partial charge >= 0.3 is 0 Å². The predicted octanol–water partition coefficient (Wildman–Crippen LogP) is 3.33. The Bertz CT molecular complexity index is 802. The molecule has 0 radical (unpaired) electrons. The van der Waals surface area contributed by atoms with Crippen molar-refractivity contribution in [2.45, 2.75) is 42.2 Å². The molecule has 0 saturated heterocycles. The molecule has 2 heterocycles. The number of aryl methyl sites for hydroxylation is 1. The van der Waals surface area contributed by atoms with Gasteiger partial charge in [-0.05, 0) is 25.5 Å². The van der Waals surface area contributed by atoms with Crippen LogP contribution in [0.4, 0.5) is 5.69 Å². The summed E-state index contributed by atoms with van der Waals surface area (Å²) in [5, 5.41) is 3.14. The van der Waals surface area contributed by atoms with Crippen molar-refractivity contribution in [2.24, 2.45) is 0 Å². The Morgan fingerprint density at radius 2 is 2.12 bits per heavy atom. The minimum absolute atomic E-state index is 0.0797. The van der Waals surface area contributed by atoms with E-state index >= 15 is 0 Å². The number of carbonyl (C=O) groups is 1. The highest BCUT2D eigenvalue weighted by atomic mass is 32.2. The lowest BCUT2D eigenvalue weighted by atomic mass is 10.2. The van der Waals surface area contributed by atoms with E-state index in [9.17, 15) is 9.59 Å². The number of carbonyl (C=O) groups excluding carboxylic acids is 1. The Morgan fingerprint density at radius 1 is 1.38 bits per heavy atom. The molecule has 0 fully saturated rings. The van der Waals surface area contributed by atoms with Gasteiger partial charge in [0.05, 0.1) is 10.9 Å². The Kier molecular flexibility index (Phi) is 5.30. The number of thioether (sulfide) groups is 2. The lowest BCUT2D eigenvalue weighted by Gasteiger charge is -2.14. The maximum absolute atomic E-state index is 12.5. The molecule has 5 nitrogen and oxygen atoms in total. The number of anilines is 1. The maximum atomic E-state index is 12.5. The first kappa shape index (κ1) is 17.1. The molecule has 3 rings (SSSR count). The lowest BCUT2D eigenvalue weighted by molar-refractivity contribution is -0.115. The summed E-state index contributed by atoms with van der Waals surface area (Å²) in [6.45, 7) is 3.96. The zero-order valence-corrected chi connectivity index (χ0v) is 15.2. The zero-order chi connectivity index (χ0) is 17.1. The first-order chi connectivity index (χ1) is 11.6. The Hall–Kier alpha value is -1.73. The molecule has 2 N–H and O–H groups in total. The summed E-state index contributed by atoms with van der Waals surface area (Å²) in [5.41, 5.74) is 3.45. The normalized spacial score (nSPS) is 14.2. The first-order valence-electron chi connectivity index (χ1n) is 7.81. The fraction of sp³-hybridized carbons (Fsp3) is 0.353. The van der Waals surface area contributed by atoms with Crippen LogP contribution in [0.5, 0.6) is 0 Å². The highest BCUT2D eigenvalue weighted by Crippen LogP contribution is 2.29. The molecule has 0 saturated carbocycles. The van der Waals surface area contributed by atoms with Crippen LogP contribution in [0.1, 0.15) is 30.2 Å². The molecule has 126 valence electrons. The Balaban J connectivity index is 1.72. The van der Waals surface area contributed by atoms with Crippen LogP contribution in [0.25, 0.3) is 0 Å². The summed E-state index contributed by atoms with van der Waals surface area (Å²) in [4.78, 5) is 31.9. The molecule has 1 aliphatic rings. The van der Waals surface area contributed by atoms with E-state index in [1.165, 1.54) is 11.8 Å². The second kappa shape index (κ2) is 7.44. The Morgan fingerprint density at radius 3 is 2.83 bits per heavy atom. The summed E-state index contributed by atoms with van der Waals surface area (Å²) in [5.74, 6) is 1.40. The topological polar surface area (TPSA) is 74.8 Å². The molecule has 24 heavy (non-hydrogen) atoms. The monoisotopic (exact) mass is 361 g/mol. The fourth-order valence-electron chi connectivity index (χ4n) is 2.41. The van der Waals surface area contributed by atoms with Crippen LogP contribution in [-0.4, -0.2) is 21.1 Å². The predicted molar refractivity (Wildman–Crippen MR) is 99.6 cm³/mol. The van der Waals surface area contributed by atoms with E-state index in [1.807, 2.05) is 38.1 Å². The molecule has 1 amide bonds. The first-order valence-corrected chi connectivity index (χ1v) is 9.84. The standard InChI is InChI=1S/C17H19N3O2S2/c1-3-14(16(22)18-11-6-4-10(2)5-7-11)24-17-19-13-9-23-8-12(13)15(21)20-17/h4-7,14H,3,8-9H2,1-2H3,(H,18,22)(H,19,20,21). The number of amides is 1. The molecule has 1 aromatic carbocycles. The van der Waals surface area contributed by atoms with Gasteiger partial charge < -0.3 is 10.3 Å². The van der Waals surface area contributed by atoms with Crippen molar-refractivity contribution in [1.29, 1.82) is 0 Å². The summed E-state index contributed by atoms with van der Waals surface area (Å²) in [6.07, 6.45) is 0.651. The number of fused-ring (bicyclic) bond motifs is 1. The fourth-order valence-corrected chi connectivity index (χ4v) is 4.36. The third-order valence-corrected chi connectivity index (χ3v) is 6.02. The largest absolute Gasteiger partial charge is 0.325 e. The van der Waals surface area contributed by atoms with Crippen molar-refractivity contribution in [3.05, 3.63) is 51.4 Å². The molecule has 1 aromatic heterocycles. The number of aromatic nitrogens is 2. The van der Waals surface area contributed by atoms with Crippen molar-refractivity contribution in [3.8, 4) is 0 Å². The van der Waals surface area contributed by atoms with Crippen LogP contribution in [0.2, 0.25) is 0 Å².